The lowest BCUT2D eigenvalue weighted by atomic mass is 9.96. The number of benzene rings is 2. The minimum Gasteiger partial charge on any atom is -0.384 e. The molecule has 1 atom stereocenters. The Morgan fingerprint density at radius 2 is 1.88 bits per heavy atom. The van der Waals surface area contributed by atoms with Crippen LogP contribution in [0.4, 0.5) is 0 Å². The Bertz CT molecular complexity index is 794. The SMILES string of the molecule is CC(O)(CNC(=O)c1ccc(-n2ccnc2)cc1)c1ccccc1. The van der Waals surface area contributed by atoms with Crippen LogP contribution in [0, 0.1) is 0 Å². The molecule has 2 N–H and O–H groups in total. The van der Waals surface area contributed by atoms with Gasteiger partial charge in [-0.15, -0.1) is 0 Å². The van der Waals surface area contributed by atoms with Gasteiger partial charge in [-0.25, -0.2) is 4.98 Å². The lowest BCUT2D eigenvalue weighted by Gasteiger charge is -2.24. The molecule has 2 aromatic carbocycles. The molecular weight excluding hydrogens is 302 g/mol. The summed E-state index contributed by atoms with van der Waals surface area (Å²) in [5, 5.41) is 13.3. The summed E-state index contributed by atoms with van der Waals surface area (Å²) in [7, 11) is 0. The minimum atomic E-state index is -1.12. The van der Waals surface area contributed by atoms with Gasteiger partial charge in [-0.05, 0) is 36.8 Å². The second-order valence-electron chi connectivity index (χ2n) is 5.84. The van der Waals surface area contributed by atoms with Gasteiger partial charge in [0.1, 0.15) is 5.60 Å². The molecule has 0 saturated heterocycles. The third-order valence-electron chi connectivity index (χ3n) is 3.92. The van der Waals surface area contributed by atoms with Crippen LogP contribution in [0.2, 0.25) is 0 Å². The zero-order valence-electron chi connectivity index (χ0n) is 13.4. The average molecular weight is 321 g/mol. The fraction of sp³-hybridized carbons (Fsp3) is 0.158. The molecule has 1 aromatic heterocycles. The van der Waals surface area contributed by atoms with Gasteiger partial charge in [-0.3, -0.25) is 4.79 Å². The van der Waals surface area contributed by atoms with Crippen LogP contribution in [-0.2, 0) is 5.60 Å². The summed E-state index contributed by atoms with van der Waals surface area (Å²) < 4.78 is 1.86. The average Bonchev–Trinajstić information content (AvgIpc) is 3.15. The highest BCUT2D eigenvalue weighted by Gasteiger charge is 2.23. The molecule has 5 nitrogen and oxygen atoms in total. The van der Waals surface area contributed by atoms with Gasteiger partial charge in [0, 0.05) is 23.6 Å². The van der Waals surface area contributed by atoms with Gasteiger partial charge in [0.25, 0.3) is 5.91 Å². The minimum absolute atomic E-state index is 0.138. The van der Waals surface area contributed by atoms with Crippen molar-refractivity contribution in [2.45, 2.75) is 12.5 Å². The second kappa shape index (κ2) is 6.68. The van der Waals surface area contributed by atoms with Crippen LogP contribution < -0.4 is 5.32 Å². The van der Waals surface area contributed by atoms with Gasteiger partial charge in [-0.2, -0.15) is 0 Å². The van der Waals surface area contributed by atoms with E-state index in [1.165, 1.54) is 0 Å². The van der Waals surface area contributed by atoms with Crippen molar-refractivity contribution in [1.82, 2.24) is 14.9 Å². The normalized spacial score (nSPS) is 13.2. The maximum absolute atomic E-state index is 12.3. The number of nitrogens with zero attached hydrogens (tertiary/aromatic N) is 2. The molecular formula is C19H19N3O2. The lowest BCUT2D eigenvalue weighted by Crippen LogP contribution is -2.38. The molecule has 24 heavy (non-hydrogen) atoms. The standard InChI is InChI=1S/C19H19N3O2/c1-19(24,16-5-3-2-4-6-16)13-21-18(23)15-7-9-17(10-8-15)22-12-11-20-14-22/h2-12,14,24H,13H2,1H3,(H,21,23). The first-order valence-electron chi connectivity index (χ1n) is 7.71. The monoisotopic (exact) mass is 321 g/mol. The summed E-state index contributed by atoms with van der Waals surface area (Å²) in [6, 6.07) is 16.5. The number of aromatic nitrogens is 2. The van der Waals surface area contributed by atoms with E-state index in [0.717, 1.165) is 11.3 Å². The van der Waals surface area contributed by atoms with Gasteiger partial charge in [0.05, 0.1) is 12.9 Å². The second-order valence-corrected chi connectivity index (χ2v) is 5.84. The number of nitrogens with one attached hydrogen (secondary N) is 1. The molecule has 3 rings (SSSR count). The maximum atomic E-state index is 12.3. The number of imidazole rings is 1. The van der Waals surface area contributed by atoms with Gasteiger partial charge in [0.15, 0.2) is 0 Å². The molecule has 0 aliphatic carbocycles. The number of hydrogen-bond donors (Lipinski definition) is 2. The van der Waals surface area contributed by atoms with Crippen LogP contribution >= 0.6 is 0 Å². The molecule has 0 bridgehead atoms. The van der Waals surface area contributed by atoms with Crippen molar-refractivity contribution in [2.75, 3.05) is 6.54 Å². The van der Waals surface area contributed by atoms with Crippen molar-refractivity contribution in [3.63, 3.8) is 0 Å². The van der Waals surface area contributed by atoms with E-state index in [-0.39, 0.29) is 12.5 Å². The van der Waals surface area contributed by atoms with Gasteiger partial charge in [-0.1, -0.05) is 30.3 Å². The summed E-state index contributed by atoms with van der Waals surface area (Å²) in [6.45, 7) is 1.82. The molecule has 5 heteroatoms. The Morgan fingerprint density at radius 1 is 1.17 bits per heavy atom. The third kappa shape index (κ3) is 3.52. The summed E-state index contributed by atoms with van der Waals surface area (Å²) in [4.78, 5) is 16.3. The summed E-state index contributed by atoms with van der Waals surface area (Å²) in [6.07, 6.45) is 5.24. The molecule has 1 amide bonds. The van der Waals surface area contributed by atoms with E-state index in [1.54, 1.807) is 31.6 Å². The number of carbonyl (C=O) groups excluding carboxylic acids is 1. The largest absolute Gasteiger partial charge is 0.384 e. The summed E-state index contributed by atoms with van der Waals surface area (Å²) >= 11 is 0. The van der Waals surface area contributed by atoms with Crippen molar-refractivity contribution < 1.29 is 9.90 Å². The van der Waals surface area contributed by atoms with Crippen molar-refractivity contribution in [1.29, 1.82) is 0 Å². The highest BCUT2D eigenvalue weighted by molar-refractivity contribution is 5.94. The Hall–Kier alpha value is -2.92. The van der Waals surface area contributed by atoms with Crippen LogP contribution in [0.25, 0.3) is 5.69 Å². The molecule has 122 valence electrons. The number of carbonyl (C=O) groups is 1. The van der Waals surface area contributed by atoms with Crippen molar-refractivity contribution in [2.24, 2.45) is 0 Å². The predicted octanol–water partition coefficient (Wildman–Crippen LogP) is 2.51. The van der Waals surface area contributed by atoms with Crippen molar-refractivity contribution in [3.05, 3.63) is 84.4 Å². The van der Waals surface area contributed by atoms with Crippen LogP contribution in [0.3, 0.4) is 0 Å². The Morgan fingerprint density at radius 3 is 2.50 bits per heavy atom. The Balaban J connectivity index is 1.65. The molecule has 0 radical (unpaired) electrons. The first kappa shape index (κ1) is 16.0. The molecule has 0 aliphatic heterocycles. The predicted molar refractivity (Wildman–Crippen MR) is 91.9 cm³/mol. The van der Waals surface area contributed by atoms with Gasteiger partial charge in [0.2, 0.25) is 0 Å². The molecule has 0 fully saturated rings. The summed E-state index contributed by atoms with van der Waals surface area (Å²) in [5.41, 5.74) is 1.12. The molecule has 0 saturated carbocycles. The number of amides is 1. The van der Waals surface area contributed by atoms with E-state index in [2.05, 4.69) is 10.3 Å². The molecule has 1 unspecified atom stereocenters. The fourth-order valence-electron chi connectivity index (χ4n) is 2.45. The third-order valence-corrected chi connectivity index (χ3v) is 3.92. The topological polar surface area (TPSA) is 67.2 Å². The van der Waals surface area contributed by atoms with E-state index in [9.17, 15) is 9.90 Å². The maximum Gasteiger partial charge on any atom is 0.251 e. The van der Waals surface area contributed by atoms with Gasteiger partial charge < -0.3 is 15.0 Å². The van der Waals surface area contributed by atoms with Crippen molar-refractivity contribution >= 4 is 5.91 Å². The number of rotatable bonds is 5. The molecule has 0 aliphatic rings. The van der Waals surface area contributed by atoms with E-state index in [1.807, 2.05) is 53.2 Å². The Labute approximate surface area is 140 Å². The smallest absolute Gasteiger partial charge is 0.251 e. The first-order valence-corrected chi connectivity index (χ1v) is 7.71. The quantitative estimate of drug-likeness (QED) is 0.759. The molecule has 3 aromatic rings. The zero-order chi connectivity index (χ0) is 17.0. The number of aliphatic hydroxyl groups is 1. The summed E-state index contributed by atoms with van der Waals surface area (Å²) in [5.74, 6) is -0.219. The molecule has 0 spiro atoms. The van der Waals surface area contributed by atoms with E-state index in [0.29, 0.717) is 5.56 Å². The Kier molecular flexibility index (Phi) is 4.44. The number of hydrogen-bond acceptors (Lipinski definition) is 3. The van der Waals surface area contributed by atoms with Crippen molar-refractivity contribution in [3.8, 4) is 5.69 Å². The van der Waals surface area contributed by atoms with Crippen LogP contribution in [-0.4, -0.2) is 27.1 Å². The fourth-order valence-corrected chi connectivity index (χ4v) is 2.45. The highest BCUT2D eigenvalue weighted by Crippen LogP contribution is 2.19. The lowest BCUT2D eigenvalue weighted by molar-refractivity contribution is 0.0526. The molecule has 1 heterocycles. The van der Waals surface area contributed by atoms with Crippen LogP contribution in [0.5, 0.6) is 0 Å². The highest BCUT2D eigenvalue weighted by atomic mass is 16.3. The first-order chi connectivity index (χ1) is 11.6. The van der Waals surface area contributed by atoms with Crippen LogP contribution in [0.15, 0.2) is 73.3 Å². The zero-order valence-corrected chi connectivity index (χ0v) is 13.4. The van der Waals surface area contributed by atoms with Gasteiger partial charge >= 0.3 is 0 Å². The van der Waals surface area contributed by atoms with E-state index < -0.39 is 5.60 Å². The van der Waals surface area contributed by atoms with E-state index in [4.69, 9.17) is 0 Å². The van der Waals surface area contributed by atoms with E-state index >= 15 is 0 Å². The van der Waals surface area contributed by atoms with Crippen LogP contribution in [0.1, 0.15) is 22.8 Å².